The van der Waals surface area contributed by atoms with Crippen molar-refractivity contribution < 1.29 is 9.21 Å². The highest BCUT2D eigenvalue weighted by molar-refractivity contribution is 5.78. The van der Waals surface area contributed by atoms with Crippen LogP contribution in [0, 0.1) is 17.2 Å². The molecule has 22 heavy (non-hydrogen) atoms. The molecular formula is C17H23N3O2. The number of nitriles is 1. The zero-order chi connectivity index (χ0) is 15.5. The lowest BCUT2D eigenvalue weighted by Gasteiger charge is -2.20. The highest BCUT2D eigenvalue weighted by Crippen LogP contribution is 2.47. The Bertz CT molecular complexity index is 571. The minimum Gasteiger partial charge on any atom is -0.464 e. The summed E-state index contributed by atoms with van der Waals surface area (Å²) in [7, 11) is 0. The molecule has 2 aliphatic carbocycles. The minimum absolute atomic E-state index is 0.00950. The smallest absolute Gasteiger partial charge is 0.234 e. The number of rotatable bonds is 8. The van der Waals surface area contributed by atoms with E-state index in [9.17, 15) is 4.79 Å². The molecule has 118 valence electrons. The predicted octanol–water partition coefficient (Wildman–Crippen LogP) is 2.40. The molecule has 1 N–H and O–H groups in total. The summed E-state index contributed by atoms with van der Waals surface area (Å²) in [5.74, 6) is 3.37. The van der Waals surface area contributed by atoms with Crippen molar-refractivity contribution in [3.05, 3.63) is 23.7 Å². The molecule has 1 aromatic heterocycles. The molecule has 5 heteroatoms. The van der Waals surface area contributed by atoms with Crippen LogP contribution in [0.15, 0.2) is 16.5 Å². The molecule has 2 fully saturated rings. The summed E-state index contributed by atoms with van der Waals surface area (Å²) in [4.78, 5) is 14.1. The van der Waals surface area contributed by atoms with Crippen LogP contribution in [0.5, 0.6) is 0 Å². The van der Waals surface area contributed by atoms with Gasteiger partial charge in [0.1, 0.15) is 11.5 Å². The van der Waals surface area contributed by atoms with E-state index in [0.717, 1.165) is 30.3 Å². The number of nitrogens with zero attached hydrogens (tertiary/aromatic N) is 2. The van der Waals surface area contributed by atoms with Gasteiger partial charge in [-0.15, -0.1) is 0 Å². The summed E-state index contributed by atoms with van der Waals surface area (Å²) in [6.07, 6.45) is 3.88. The van der Waals surface area contributed by atoms with E-state index in [1.54, 1.807) is 0 Å². The lowest BCUT2D eigenvalue weighted by molar-refractivity contribution is -0.122. The Hall–Kier alpha value is -1.80. The standard InChI is InChI=1S/C17H23N3O2/c1-12-9-15(12)16-6-5-14(22-16)10-20(13-3-4-13)11-17(21)19-8-2-7-18/h5-6,12-13,15H,2-4,8-11H2,1H3,(H,19,21)/t12-,15+/m1/s1. The first-order chi connectivity index (χ1) is 10.7. The molecule has 1 aromatic rings. The van der Waals surface area contributed by atoms with Gasteiger partial charge in [-0.05, 0) is 37.3 Å². The van der Waals surface area contributed by atoms with Crippen molar-refractivity contribution in [3.8, 4) is 6.07 Å². The van der Waals surface area contributed by atoms with Crippen LogP contribution >= 0.6 is 0 Å². The van der Waals surface area contributed by atoms with Crippen LogP contribution in [0.4, 0.5) is 0 Å². The lowest BCUT2D eigenvalue weighted by atomic mass is 10.3. The zero-order valence-corrected chi connectivity index (χ0v) is 13.0. The van der Waals surface area contributed by atoms with Crippen LogP contribution in [-0.2, 0) is 11.3 Å². The Morgan fingerprint density at radius 2 is 2.27 bits per heavy atom. The molecule has 2 atom stereocenters. The van der Waals surface area contributed by atoms with Gasteiger partial charge >= 0.3 is 0 Å². The van der Waals surface area contributed by atoms with Crippen molar-refractivity contribution in [2.24, 2.45) is 5.92 Å². The maximum absolute atomic E-state index is 11.9. The number of carbonyl (C=O) groups excluding carboxylic acids is 1. The van der Waals surface area contributed by atoms with E-state index < -0.39 is 0 Å². The van der Waals surface area contributed by atoms with Crippen molar-refractivity contribution in [1.29, 1.82) is 5.26 Å². The first-order valence-electron chi connectivity index (χ1n) is 8.13. The van der Waals surface area contributed by atoms with Crippen LogP contribution in [0.1, 0.15) is 50.0 Å². The van der Waals surface area contributed by atoms with Gasteiger partial charge in [-0.25, -0.2) is 0 Å². The van der Waals surface area contributed by atoms with E-state index in [-0.39, 0.29) is 5.91 Å². The van der Waals surface area contributed by atoms with Crippen molar-refractivity contribution in [2.45, 2.75) is 51.1 Å². The highest BCUT2D eigenvalue weighted by Gasteiger charge is 2.37. The molecule has 0 radical (unpaired) electrons. The van der Waals surface area contributed by atoms with Crippen molar-refractivity contribution in [1.82, 2.24) is 10.2 Å². The number of hydrogen-bond donors (Lipinski definition) is 1. The molecule has 1 heterocycles. The number of furan rings is 1. The average Bonchev–Trinajstić information content (AvgIpc) is 3.40. The second-order valence-electron chi connectivity index (χ2n) is 6.52. The lowest BCUT2D eigenvalue weighted by Crippen LogP contribution is -2.38. The second-order valence-corrected chi connectivity index (χ2v) is 6.52. The van der Waals surface area contributed by atoms with E-state index in [1.807, 2.05) is 12.1 Å². The molecule has 5 nitrogen and oxygen atoms in total. The van der Waals surface area contributed by atoms with Crippen LogP contribution in [0.2, 0.25) is 0 Å². The molecule has 0 saturated heterocycles. The Morgan fingerprint density at radius 3 is 2.91 bits per heavy atom. The summed E-state index contributed by atoms with van der Waals surface area (Å²) in [6, 6.07) is 6.66. The number of nitrogens with one attached hydrogen (secondary N) is 1. The fourth-order valence-electron chi connectivity index (χ4n) is 2.85. The van der Waals surface area contributed by atoms with Gasteiger partial charge in [-0.2, -0.15) is 5.26 Å². The zero-order valence-electron chi connectivity index (χ0n) is 13.0. The van der Waals surface area contributed by atoms with Gasteiger partial charge in [-0.1, -0.05) is 6.92 Å². The van der Waals surface area contributed by atoms with E-state index in [0.29, 0.717) is 38.0 Å². The molecule has 2 aliphatic rings. The third-order valence-corrected chi connectivity index (χ3v) is 4.49. The third-order valence-electron chi connectivity index (χ3n) is 4.49. The summed E-state index contributed by atoms with van der Waals surface area (Å²) in [5, 5.41) is 11.3. The fraction of sp³-hybridized carbons (Fsp3) is 0.647. The van der Waals surface area contributed by atoms with E-state index >= 15 is 0 Å². The van der Waals surface area contributed by atoms with Crippen LogP contribution in [0.3, 0.4) is 0 Å². The van der Waals surface area contributed by atoms with Gasteiger partial charge in [-0.3, -0.25) is 9.69 Å². The summed E-state index contributed by atoms with van der Waals surface area (Å²) < 4.78 is 5.95. The van der Waals surface area contributed by atoms with Gasteiger partial charge < -0.3 is 9.73 Å². The summed E-state index contributed by atoms with van der Waals surface area (Å²) >= 11 is 0. The maximum Gasteiger partial charge on any atom is 0.234 e. The number of carbonyl (C=O) groups is 1. The Labute approximate surface area is 131 Å². The van der Waals surface area contributed by atoms with Crippen molar-refractivity contribution in [2.75, 3.05) is 13.1 Å². The minimum atomic E-state index is -0.00950. The normalized spacial score (nSPS) is 23.3. The molecule has 3 rings (SSSR count). The van der Waals surface area contributed by atoms with Gasteiger partial charge in [0.15, 0.2) is 0 Å². The van der Waals surface area contributed by atoms with Crippen molar-refractivity contribution >= 4 is 5.91 Å². The Kier molecular flexibility index (Phi) is 4.49. The van der Waals surface area contributed by atoms with Crippen LogP contribution < -0.4 is 5.32 Å². The topological polar surface area (TPSA) is 69.3 Å². The number of hydrogen-bond acceptors (Lipinski definition) is 4. The van der Waals surface area contributed by atoms with Gasteiger partial charge in [0.2, 0.25) is 5.91 Å². The third kappa shape index (κ3) is 3.89. The highest BCUT2D eigenvalue weighted by atomic mass is 16.3. The van der Waals surface area contributed by atoms with E-state index in [2.05, 4.69) is 23.2 Å². The fourth-order valence-corrected chi connectivity index (χ4v) is 2.85. The SMILES string of the molecule is C[C@@H]1C[C@@H]1c1ccc(CN(CC(=O)NCCC#N)C2CC2)o1. The molecule has 0 aromatic carbocycles. The molecule has 0 aliphatic heterocycles. The largest absolute Gasteiger partial charge is 0.464 e. The average molecular weight is 301 g/mol. The van der Waals surface area contributed by atoms with E-state index in [1.165, 1.54) is 6.42 Å². The molecule has 0 spiro atoms. The van der Waals surface area contributed by atoms with Crippen molar-refractivity contribution in [3.63, 3.8) is 0 Å². The Morgan fingerprint density at radius 1 is 1.50 bits per heavy atom. The molecule has 0 bridgehead atoms. The molecular weight excluding hydrogens is 278 g/mol. The van der Waals surface area contributed by atoms with Gasteiger partial charge in [0.25, 0.3) is 0 Å². The molecule has 2 saturated carbocycles. The second kappa shape index (κ2) is 6.53. The number of amides is 1. The monoisotopic (exact) mass is 301 g/mol. The summed E-state index contributed by atoms with van der Waals surface area (Å²) in [5.41, 5.74) is 0. The van der Waals surface area contributed by atoms with Crippen LogP contribution in [0.25, 0.3) is 0 Å². The summed E-state index contributed by atoms with van der Waals surface area (Å²) in [6.45, 7) is 3.75. The quantitative estimate of drug-likeness (QED) is 0.749. The molecule has 0 unspecified atom stereocenters. The van der Waals surface area contributed by atoms with E-state index in [4.69, 9.17) is 9.68 Å². The predicted molar refractivity (Wildman–Crippen MR) is 81.9 cm³/mol. The maximum atomic E-state index is 11.9. The van der Waals surface area contributed by atoms with Gasteiger partial charge in [0.05, 0.1) is 25.6 Å². The van der Waals surface area contributed by atoms with Crippen LogP contribution in [-0.4, -0.2) is 29.9 Å². The van der Waals surface area contributed by atoms with Gasteiger partial charge in [0, 0.05) is 18.5 Å². The molecule has 1 amide bonds. The Balaban J connectivity index is 1.52. The first kappa shape index (κ1) is 15.1. The first-order valence-corrected chi connectivity index (χ1v) is 8.13.